The minimum absolute atomic E-state index is 0.0192. The van der Waals surface area contributed by atoms with E-state index in [0.717, 1.165) is 29.4 Å². The molecule has 1 heterocycles. The average molecular weight is 622 g/mol. The number of nitro groups is 1. The lowest BCUT2D eigenvalue weighted by Crippen LogP contribution is -2.22. The number of likely N-dealkylation sites (N-methyl/N-ethyl adjacent to an activating group) is 1. The predicted octanol–water partition coefficient (Wildman–Crippen LogP) is 5.05. The Morgan fingerprint density at radius 2 is 1.89 bits per heavy atom. The van der Waals surface area contributed by atoms with Crippen molar-refractivity contribution in [3.63, 3.8) is 0 Å². The number of carbonyl (C=O) groups excluding carboxylic acids is 2. The zero-order chi connectivity index (χ0) is 20.4. The molecule has 0 saturated carbocycles. The number of halogens is 2. The van der Waals surface area contributed by atoms with Crippen LogP contribution in [0.1, 0.15) is 11.1 Å². The molecule has 0 aliphatic carbocycles. The number of thioether (sulfide) groups is 1. The standard InChI is InChI=1S/C18H12I2N2O5S/c1-21-17(23)15(28-18(21)24)8-11-6-13(19)16(14(20)7-11)27-9-10-3-2-4-12(5-10)22(25)26/h2-8H,9H2,1H3/b15-8-. The largest absolute Gasteiger partial charge is 0.487 e. The van der Waals surface area contributed by atoms with Gasteiger partial charge in [0.25, 0.3) is 16.8 Å². The van der Waals surface area contributed by atoms with Crippen molar-refractivity contribution in [2.45, 2.75) is 6.61 Å². The predicted molar refractivity (Wildman–Crippen MR) is 123 cm³/mol. The van der Waals surface area contributed by atoms with Gasteiger partial charge in [0.05, 0.1) is 17.0 Å². The van der Waals surface area contributed by atoms with Crippen LogP contribution in [0.2, 0.25) is 0 Å². The zero-order valence-corrected chi connectivity index (χ0v) is 19.5. The number of rotatable bonds is 5. The van der Waals surface area contributed by atoms with E-state index >= 15 is 0 Å². The highest BCUT2D eigenvalue weighted by molar-refractivity contribution is 14.1. The lowest BCUT2D eigenvalue weighted by molar-refractivity contribution is -0.384. The second-order valence-corrected chi connectivity index (χ2v) is 9.09. The van der Waals surface area contributed by atoms with Crippen LogP contribution in [0.3, 0.4) is 0 Å². The smallest absolute Gasteiger partial charge is 0.293 e. The van der Waals surface area contributed by atoms with Crippen molar-refractivity contribution in [1.29, 1.82) is 0 Å². The molecule has 0 atom stereocenters. The Hall–Kier alpha value is -1.67. The normalized spacial score (nSPS) is 15.4. The third-order valence-corrected chi connectivity index (χ3v) is 6.37. The van der Waals surface area contributed by atoms with Crippen molar-refractivity contribution in [3.05, 3.63) is 69.7 Å². The van der Waals surface area contributed by atoms with E-state index in [1.807, 2.05) is 12.1 Å². The Balaban J connectivity index is 1.79. The van der Waals surface area contributed by atoms with Crippen molar-refractivity contribution in [3.8, 4) is 5.75 Å². The summed E-state index contributed by atoms with van der Waals surface area (Å²) < 4.78 is 7.54. The fourth-order valence-corrected chi connectivity index (χ4v) is 5.37. The van der Waals surface area contributed by atoms with E-state index in [1.165, 1.54) is 19.2 Å². The summed E-state index contributed by atoms with van der Waals surface area (Å²) in [7, 11) is 1.46. The lowest BCUT2D eigenvalue weighted by atomic mass is 10.2. The number of ether oxygens (including phenoxy) is 1. The van der Waals surface area contributed by atoms with E-state index < -0.39 is 4.92 Å². The summed E-state index contributed by atoms with van der Waals surface area (Å²) >= 11 is 5.18. The van der Waals surface area contributed by atoms with Crippen LogP contribution in [0.25, 0.3) is 6.08 Å². The molecule has 28 heavy (non-hydrogen) atoms. The van der Waals surface area contributed by atoms with Crippen LogP contribution in [-0.4, -0.2) is 28.0 Å². The molecular formula is C18H12I2N2O5S. The molecule has 10 heteroatoms. The summed E-state index contributed by atoms with van der Waals surface area (Å²) in [6.07, 6.45) is 1.68. The van der Waals surface area contributed by atoms with Crippen molar-refractivity contribution in [2.24, 2.45) is 0 Å². The molecule has 2 amide bonds. The number of non-ortho nitro benzene ring substituents is 1. The molecule has 144 valence electrons. The van der Waals surface area contributed by atoms with E-state index in [0.29, 0.717) is 16.2 Å². The average Bonchev–Trinajstić information content (AvgIpc) is 2.88. The molecule has 0 N–H and O–H groups in total. The molecule has 0 spiro atoms. The highest BCUT2D eigenvalue weighted by Crippen LogP contribution is 2.34. The Morgan fingerprint density at radius 1 is 1.21 bits per heavy atom. The summed E-state index contributed by atoms with van der Waals surface area (Å²) in [6.45, 7) is 0.196. The first-order chi connectivity index (χ1) is 13.3. The molecule has 3 rings (SSSR count). The maximum Gasteiger partial charge on any atom is 0.293 e. The molecule has 0 bridgehead atoms. The maximum atomic E-state index is 12.0. The van der Waals surface area contributed by atoms with E-state index in [2.05, 4.69) is 45.2 Å². The number of amides is 2. The summed E-state index contributed by atoms with van der Waals surface area (Å²) in [4.78, 5) is 35.6. The number of hydrogen-bond acceptors (Lipinski definition) is 6. The van der Waals surface area contributed by atoms with Gasteiger partial charge in [-0.3, -0.25) is 24.6 Å². The van der Waals surface area contributed by atoms with Crippen molar-refractivity contribution in [2.75, 3.05) is 7.05 Å². The highest BCUT2D eigenvalue weighted by atomic mass is 127. The van der Waals surface area contributed by atoms with Gasteiger partial charge in [0, 0.05) is 19.2 Å². The molecule has 1 aliphatic rings. The number of nitro benzene ring substituents is 1. The van der Waals surface area contributed by atoms with Gasteiger partial charge in [0.15, 0.2) is 0 Å². The summed E-state index contributed by atoms with van der Waals surface area (Å²) in [5.41, 5.74) is 1.50. The van der Waals surface area contributed by atoms with Crippen LogP contribution in [-0.2, 0) is 11.4 Å². The highest BCUT2D eigenvalue weighted by Gasteiger charge is 2.31. The fraction of sp³-hybridized carbons (Fsp3) is 0.111. The first-order valence-corrected chi connectivity index (χ1v) is 10.8. The molecule has 1 aliphatic heterocycles. The van der Waals surface area contributed by atoms with Gasteiger partial charge in [0.1, 0.15) is 12.4 Å². The molecule has 7 nitrogen and oxygen atoms in total. The summed E-state index contributed by atoms with van der Waals surface area (Å²) in [6, 6.07) is 10.0. The summed E-state index contributed by atoms with van der Waals surface area (Å²) in [5, 5.41) is 10.6. The molecule has 1 saturated heterocycles. The monoisotopic (exact) mass is 622 g/mol. The third-order valence-electron chi connectivity index (χ3n) is 3.81. The molecule has 0 radical (unpaired) electrons. The van der Waals surface area contributed by atoms with E-state index in [9.17, 15) is 19.7 Å². The quantitative estimate of drug-likeness (QED) is 0.201. The van der Waals surface area contributed by atoms with E-state index in [4.69, 9.17) is 4.74 Å². The first kappa shape index (κ1) is 21.0. The third kappa shape index (κ3) is 4.66. The van der Waals surface area contributed by atoms with Crippen molar-refractivity contribution < 1.29 is 19.2 Å². The van der Waals surface area contributed by atoms with Gasteiger partial charge in [-0.2, -0.15) is 0 Å². The van der Waals surface area contributed by atoms with Crippen LogP contribution in [0.15, 0.2) is 41.3 Å². The maximum absolute atomic E-state index is 12.0. The van der Waals surface area contributed by atoms with Crippen molar-refractivity contribution >= 4 is 79.9 Å². The number of carbonyl (C=O) groups is 2. The Labute approximate surface area is 191 Å². The van der Waals surface area contributed by atoms with Gasteiger partial charge in [-0.05, 0) is 86.3 Å². The number of benzene rings is 2. The molecule has 0 aromatic heterocycles. The van der Waals surface area contributed by atoms with Gasteiger partial charge < -0.3 is 4.74 Å². The number of imide groups is 1. The van der Waals surface area contributed by atoms with Gasteiger partial charge in [-0.25, -0.2) is 0 Å². The van der Waals surface area contributed by atoms with E-state index in [1.54, 1.807) is 18.2 Å². The minimum Gasteiger partial charge on any atom is -0.487 e. The second-order valence-electron chi connectivity index (χ2n) is 5.77. The van der Waals surface area contributed by atoms with Gasteiger partial charge >= 0.3 is 0 Å². The van der Waals surface area contributed by atoms with Crippen LogP contribution in [0.4, 0.5) is 10.5 Å². The lowest BCUT2D eigenvalue weighted by Gasteiger charge is -2.12. The molecule has 1 fully saturated rings. The zero-order valence-electron chi connectivity index (χ0n) is 14.3. The SMILES string of the molecule is CN1C(=O)S/C(=C\c2cc(I)c(OCc3cccc([N+](=O)[O-])c3)c(I)c2)C1=O. The number of nitrogens with zero attached hydrogens (tertiary/aromatic N) is 2. The summed E-state index contributed by atoms with van der Waals surface area (Å²) in [5.74, 6) is 0.347. The topological polar surface area (TPSA) is 89.8 Å². The Morgan fingerprint density at radius 3 is 2.46 bits per heavy atom. The number of hydrogen-bond donors (Lipinski definition) is 0. The molecular weight excluding hydrogens is 610 g/mol. The van der Waals surface area contributed by atoms with Crippen LogP contribution in [0, 0.1) is 17.3 Å². The van der Waals surface area contributed by atoms with Crippen LogP contribution >= 0.6 is 56.9 Å². The van der Waals surface area contributed by atoms with E-state index in [-0.39, 0.29) is 23.4 Å². The fourth-order valence-electron chi connectivity index (χ4n) is 2.41. The molecule has 2 aromatic carbocycles. The van der Waals surface area contributed by atoms with Crippen molar-refractivity contribution in [1.82, 2.24) is 4.90 Å². The van der Waals surface area contributed by atoms with Gasteiger partial charge in [-0.1, -0.05) is 12.1 Å². The Kier molecular flexibility index (Phi) is 6.60. The second kappa shape index (κ2) is 8.78. The Bertz CT molecular complexity index is 1000. The molecule has 0 unspecified atom stereocenters. The first-order valence-electron chi connectivity index (χ1n) is 7.83. The van der Waals surface area contributed by atoms with Gasteiger partial charge in [0.2, 0.25) is 0 Å². The molecule has 2 aromatic rings. The minimum atomic E-state index is -0.441. The van der Waals surface area contributed by atoms with Crippen LogP contribution in [0.5, 0.6) is 5.75 Å². The van der Waals surface area contributed by atoms with Gasteiger partial charge in [-0.15, -0.1) is 0 Å². The van der Waals surface area contributed by atoms with Crippen LogP contribution < -0.4 is 4.74 Å².